The predicted molar refractivity (Wildman–Crippen MR) is 117 cm³/mol. The van der Waals surface area contributed by atoms with Crippen molar-refractivity contribution >= 4 is 27.4 Å². The van der Waals surface area contributed by atoms with Crippen molar-refractivity contribution in [1.29, 1.82) is 0 Å². The van der Waals surface area contributed by atoms with Crippen molar-refractivity contribution in [3.05, 3.63) is 36.4 Å². The fourth-order valence-corrected chi connectivity index (χ4v) is 4.89. The molecule has 0 atom stereocenters. The van der Waals surface area contributed by atoms with Crippen LogP contribution in [0, 0.1) is 5.92 Å². The van der Waals surface area contributed by atoms with Crippen LogP contribution in [0.1, 0.15) is 25.7 Å². The molecular weight excluding hydrogens is 402 g/mol. The summed E-state index contributed by atoms with van der Waals surface area (Å²) >= 11 is 0. The third-order valence-corrected chi connectivity index (χ3v) is 7.13. The van der Waals surface area contributed by atoms with E-state index in [1.54, 1.807) is 0 Å². The zero-order chi connectivity index (χ0) is 21.1. The van der Waals surface area contributed by atoms with Gasteiger partial charge < -0.3 is 10.2 Å². The maximum absolute atomic E-state index is 12.5. The smallest absolute Gasteiger partial charge is 0.227 e. The maximum atomic E-state index is 12.5. The van der Waals surface area contributed by atoms with Gasteiger partial charge in [-0.1, -0.05) is 12.1 Å². The highest BCUT2D eigenvalue weighted by Crippen LogP contribution is 2.24. The van der Waals surface area contributed by atoms with Gasteiger partial charge in [-0.2, -0.15) is 0 Å². The van der Waals surface area contributed by atoms with Gasteiger partial charge in [0, 0.05) is 43.3 Å². The van der Waals surface area contributed by atoms with Crippen molar-refractivity contribution in [3.63, 3.8) is 0 Å². The van der Waals surface area contributed by atoms with Gasteiger partial charge in [-0.05, 0) is 49.9 Å². The molecule has 0 spiro atoms. The number of sulfonamides is 1. The molecule has 2 saturated heterocycles. The number of nitrogens with zero attached hydrogens (tertiary/aromatic N) is 4. The summed E-state index contributed by atoms with van der Waals surface area (Å²) < 4.78 is 24.6. The van der Waals surface area contributed by atoms with Crippen LogP contribution in [-0.2, 0) is 14.8 Å². The molecule has 0 radical (unpaired) electrons. The Bertz CT molecular complexity index is 978. The van der Waals surface area contributed by atoms with Crippen LogP contribution in [0.3, 0.4) is 0 Å². The summed E-state index contributed by atoms with van der Waals surface area (Å²) in [5.74, 6) is 0.680. The number of amides is 1. The number of rotatable bonds is 5. The van der Waals surface area contributed by atoms with Gasteiger partial charge in [-0.15, -0.1) is 10.2 Å². The van der Waals surface area contributed by atoms with Crippen LogP contribution < -0.4 is 10.2 Å². The normalized spacial score (nSPS) is 18.5. The minimum absolute atomic E-state index is 0.0642. The third kappa shape index (κ3) is 4.79. The molecular formula is C21H27N5O3S. The third-order valence-electron chi connectivity index (χ3n) is 5.82. The molecule has 30 heavy (non-hydrogen) atoms. The molecule has 2 fully saturated rings. The summed E-state index contributed by atoms with van der Waals surface area (Å²) in [6.45, 7) is 2.86. The van der Waals surface area contributed by atoms with Crippen LogP contribution >= 0.6 is 0 Å². The molecule has 8 nitrogen and oxygen atoms in total. The lowest BCUT2D eigenvalue weighted by Crippen LogP contribution is -2.40. The Morgan fingerprint density at radius 3 is 2.20 bits per heavy atom. The number of anilines is 2. The van der Waals surface area contributed by atoms with Crippen molar-refractivity contribution in [2.24, 2.45) is 5.92 Å². The Labute approximate surface area is 177 Å². The number of aromatic nitrogens is 2. The van der Waals surface area contributed by atoms with E-state index in [0.29, 0.717) is 25.9 Å². The van der Waals surface area contributed by atoms with Crippen molar-refractivity contribution < 1.29 is 13.2 Å². The van der Waals surface area contributed by atoms with Gasteiger partial charge in [0.25, 0.3) is 0 Å². The van der Waals surface area contributed by atoms with Crippen molar-refractivity contribution in [3.8, 4) is 11.3 Å². The topological polar surface area (TPSA) is 95.5 Å². The Morgan fingerprint density at radius 2 is 1.63 bits per heavy atom. The average molecular weight is 430 g/mol. The fourth-order valence-electron chi connectivity index (χ4n) is 4.01. The molecule has 0 saturated carbocycles. The van der Waals surface area contributed by atoms with E-state index in [4.69, 9.17) is 0 Å². The van der Waals surface area contributed by atoms with Crippen molar-refractivity contribution in [2.45, 2.75) is 25.7 Å². The van der Waals surface area contributed by atoms with Gasteiger partial charge in [0.2, 0.25) is 15.9 Å². The Hall–Kier alpha value is -2.52. The number of carbonyl (C=O) groups is 1. The van der Waals surface area contributed by atoms with E-state index >= 15 is 0 Å². The number of benzene rings is 1. The van der Waals surface area contributed by atoms with E-state index in [1.165, 1.54) is 23.4 Å². The first kappa shape index (κ1) is 20.7. The second kappa shape index (κ2) is 8.69. The summed E-state index contributed by atoms with van der Waals surface area (Å²) in [5, 5.41) is 11.6. The van der Waals surface area contributed by atoms with E-state index < -0.39 is 10.0 Å². The lowest BCUT2D eigenvalue weighted by molar-refractivity contribution is -0.120. The van der Waals surface area contributed by atoms with Crippen molar-refractivity contribution in [2.75, 3.05) is 42.7 Å². The van der Waals surface area contributed by atoms with Crippen LogP contribution in [0.15, 0.2) is 36.4 Å². The summed E-state index contributed by atoms with van der Waals surface area (Å²) in [6, 6.07) is 11.5. The molecule has 160 valence electrons. The van der Waals surface area contributed by atoms with Crippen LogP contribution in [0.2, 0.25) is 0 Å². The first-order chi connectivity index (χ1) is 14.4. The number of carbonyl (C=O) groups excluding carboxylic acids is 1. The first-order valence-electron chi connectivity index (χ1n) is 10.4. The largest absolute Gasteiger partial charge is 0.355 e. The van der Waals surface area contributed by atoms with Gasteiger partial charge in [-0.25, -0.2) is 12.7 Å². The highest BCUT2D eigenvalue weighted by Gasteiger charge is 2.28. The van der Waals surface area contributed by atoms with Gasteiger partial charge in [0.15, 0.2) is 5.82 Å². The molecule has 9 heteroatoms. The quantitative estimate of drug-likeness (QED) is 0.784. The maximum Gasteiger partial charge on any atom is 0.227 e. The van der Waals surface area contributed by atoms with Gasteiger partial charge in [0.05, 0.1) is 11.9 Å². The Balaban J connectivity index is 1.34. The zero-order valence-corrected chi connectivity index (χ0v) is 17.9. The Morgan fingerprint density at radius 1 is 0.967 bits per heavy atom. The fraction of sp³-hybridized carbons (Fsp3) is 0.476. The molecule has 3 heterocycles. The summed E-state index contributed by atoms with van der Waals surface area (Å²) in [4.78, 5) is 14.8. The lowest BCUT2D eigenvalue weighted by atomic mass is 9.97. The molecule has 1 amide bonds. The lowest BCUT2D eigenvalue weighted by Gasteiger charge is -2.29. The zero-order valence-electron chi connectivity index (χ0n) is 17.1. The summed E-state index contributed by atoms with van der Waals surface area (Å²) in [7, 11) is -3.18. The molecule has 0 unspecified atom stereocenters. The van der Waals surface area contributed by atoms with E-state index in [2.05, 4.69) is 20.4 Å². The molecule has 1 N–H and O–H groups in total. The van der Waals surface area contributed by atoms with Gasteiger partial charge in [-0.3, -0.25) is 4.79 Å². The number of hydrogen-bond acceptors (Lipinski definition) is 6. The summed E-state index contributed by atoms with van der Waals surface area (Å²) in [6.07, 6.45) is 4.69. The van der Waals surface area contributed by atoms with Crippen molar-refractivity contribution in [1.82, 2.24) is 14.5 Å². The molecule has 0 bridgehead atoms. The second-order valence-electron chi connectivity index (χ2n) is 7.97. The van der Waals surface area contributed by atoms with Crippen LogP contribution in [0.5, 0.6) is 0 Å². The van der Waals surface area contributed by atoms with Crippen LogP contribution in [0.4, 0.5) is 11.5 Å². The highest BCUT2D eigenvalue weighted by atomic mass is 32.2. The minimum Gasteiger partial charge on any atom is -0.355 e. The van der Waals surface area contributed by atoms with Crippen LogP contribution in [0.25, 0.3) is 11.3 Å². The summed E-state index contributed by atoms with van der Waals surface area (Å²) in [5.41, 5.74) is 2.45. The van der Waals surface area contributed by atoms with E-state index in [0.717, 1.165) is 35.9 Å². The first-order valence-corrected chi connectivity index (χ1v) is 12.2. The molecule has 2 aliphatic heterocycles. The van der Waals surface area contributed by atoms with E-state index in [1.807, 2.05) is 36.4 Å². The second-order valence-corrected chi connectivity index (χ2v) is 9.96. The average Bonchev–Trinajstić information content (AvgIpc) is 3.29. The standard InChI is InChI=1S/C21H27N5O3S/c1-30(28,29)26-14-10-17(11-15-26)21(27)22-18-6-4-16(5-7-18)19-8-9-20(24-23-19)25-12-2-3-13-25/h4-9,17H,2-3,10-15H2,1H3,(H,22,27). The van der Waals surface area contributed by atoms with E-state index in [-0.39, 0.29) is 11.8 Å². The molecule has 1 aromatic carbocycles. The number of hydrogen-bond donors (Lipinski definition) is 1. The SMILES string of the molecule is CS(=O)(=O)N1CCC(C(=O)Nc2ccc(-c3ccc(N4CCCC4)nn3)cc2)CC1. The minimum atomic E-state index is -3.18. The van der Waals surface area contributed by atoms with Crippen LogP contribution in [-0.4, -0.2) is 61.3 Å². The van der Waals surface area contributed by atoms with E-state index in [9.17, 15) is 13.2 Å². The monoisotopic (exact) mass is 429 g/mol. The molecule has 0 aliphatic carbocycles. The number of nitrogens with one attached hydrogen (secondary N) is 1. The molecule has 1 aromatic heterocycles. The molecule has 2 aromatic rings. The molecule has 4 rings (SSSR count). The number of piperidine rings is 1. The molecule has 2 aliphatic rings. The van der Waals surface area contributed by atoms with Gasteiger partial charge in [0.1, 0.15) is 0 Å². The highest BCUT2D eigenvalue weighted by molar-refractivity contribution is 7.88. The predicted octanol–water partition coefficient (Wildman–Crippen LogP) is 2.35. The Kier molecular flexibility index (Phi) is 6.01. The van der Waals surface area contributed by atoms with Gasteiger partial charge >= 0.3 is 0 Å².